The van der Waals surface area contributed by atoms with E-state index in [0.717, 1.165) is 25.3 Å². The Hall–Kier alpha value is -1.32. The summed E-state index contributed by atoms with van der Waals surface area (Å²) in [7, 11) is 0. The first-order valence-corrected chi connectivity index (χ1v) is 5.15. The smallest absolute Gasteiger partial charge is 0.330 e. The summed E-state index contributed by atoms with van der Waals surface area (Å²) in [5, 5.41) is 0. The molecule has 0 N–H and O–H groups in total. The molecule has 0 aliphatic heterocycles. The lowest BCUT2D eigenvalue weighted by Crippen LogP contribution is -2.11. The minimum Gasteiger partial charge on any atom is -0.466 e. The van der Waals surface area contributed by atoms with Crippen molar-refractivity contribution in [2.45, 2.75) is 32.6 Å². The molecule has 0 amide bonds. The van der Waals surface area contributed by atoms with E-state index in [1.807, 2.05) is 0 Å². The summed E-state index contributed by atoms with van der Waals surface area (Å²) >= 11 is 0. The van der Waals surface area contributed by atoms with Gasteiger partial charge < -0.3 is 9.47 Å². The van der Waals surface area contributed by atoms with Gasteiger partial charge in [-0.2, -0.15) is 0 Å². The lowest BCUT2D eigenvalue weighted by molar-refractivity contribution is -0.147. The number of carbonyl (C=O) groups is 2. The molecule has 0 heterocycles. The van der Waals surface area contributed by atoms with Crippen LogP contribution in [0.3, 0.4) is 0 Å². The van der Waals surface area contributed by atoms with E-state index >= 15 is 0 Å². The van der Waals surface area contributed by atoms with Crippen LogP contribution in [0.4, 0.5) is 0 Å². The second kappa shape index (κ2) is 9.24. The Morgan fingerprint density at radius 3 is 2.53 bits per heavy atom. The van der Waals surface area contributed by atoms with E-state index in [4.69, 9.17) is 4.74 Å². The molecular formula is C11H18O4. The number of hydrogen-bond donors (Lipinski definition) is 0. The highest BCUT2D eigenvalue weighted by Crippen LogP contribution is 1.96. The van der Waals surface area contributed by atoms with E-state index in [-0.39, 0.29) is 19.0 Å². The maximum absolute atomic E-state index is 11.0. The van der Waals surface area contributed by atoms with Crippen molar-refractivity contribution in [3.05, 3.63) is 12.7 Å². The first-order valence-electron chi connectivity index (χ1n) is 5.15. The molecule has 0 aromatic heterocycles. The van der Waals surface area contributed by atoms with E-state index in [1.54, 1.807) is 0 Å². The van der Waals surface area contributed by atoms with Crippen LogP contribution in [-0.2, 0) is 19.1 Å². The third-order valence-electron chi connectivity index (χ3n) is 1.73. The monoisotopic (exact) mass is 214 g/mol. The highest BCUT2D eigenvalue weighted by molar-refractivity contribution is 5.81. The van der Waals surface area contributed by atoms with Crippen LogP contribution in [0, 0.1) is 0 Å². The highest BCUT2D eigenvalue weighted by Gasteiger charge is 2.03. The number of esters is 2. The van der Waals surface area contributed by atoms with Crippen LogP contribution in [0.1, 0.15) is 32.6 Å². The Morgan fingerprint density at radius 2 is 1.93 bits per heavy atom. The van der Waals surface area contributed by atoms with E-state index in [0.29, 0.717) is 6.61 Å². The largest absolute Gasteiger partial charge is 0.466 e. The van der Waals surface area contributed by atoms with Crippen LogP contribution < -0.4 is 0 Å². The topological polar surface area (TPSA) is 52.6 Å². The maximum atomic E-state index is 11.0. The third-order valence-corrected chi connectivity index (χ3v) is 1.73. The molecule has 0 rings (SSSR count). The fourth-order valence-electron chi connectivity index (χ4n) is 0.904. The van der Waals surface area contributed by atoms with Gasteiger partial charge in [0.25, 0.3) is 0 Å². The standard InChI is InChI=1S/C11H18O4/c1-3-5-6-8-14-11(13)7-9-15-10(12)4-2/h4H,2-3,5-9H2,1H3. The van der Waals surface area contributed by atoms with Crippen molar-refractivity contribution < 1.29 is 19.1 Å². The predicted octanol–water partition coefficient (Wildman–Crippen LogP) is 1.84. The Bertz CT molecular complexity index is 211. The average Bonchev–Trinajstić information content (AvgIpc) is 2.24. The van der Waals surface area contributed by atoms with Crippen molar-refractivity contribution in [1.29, 1.82) is 0 Å². The van der Waals surface area contributed by atoms with Crippen LogP contribution in [0.15, 0.2) is 12.7 Å². The third kappa shape index (κ3) is 9.00. The van der Waals surface area contributed by atoms with E-state index in [1.165, 1.54) is 0 Å². The zero-order valence-electron chi connectivity index (χ0n) is 9.16. The highest BCUT2D eigenvalue weighted by atomic mass is 16.5. The summed E-state index contributed by atoms with van der Waals surface area (Å²) in [6, 6.07) is 0. The van der Waals surface area contributed by atoms with Gasteiger partial charge in [-0.05, 0) is 6.42 Å². The van der Waals surface area contributed by atoms with Gasteiger partial charge in [0.1, 0.15) is 6.61 Å². The van der Waals surface area contributed by atoms with Crippen molar-refractivity contribution in [3.63, 3.8) is 0 Å². The number of rotatable bonds is 8. The van der Waals surface area contributed by atoms with Gasteiger partial charge in [0, 0.05) is 6.08 Å². The number of carbonyl (C=O) groups excluding carboxylic acids is 2. The van der Waals surface area contributed by atoms with E-state index in [2.05, 4.69) is 18.2 Å². The predicted molar refractivity (Wildman–Crippen MR) is 56.3 cm³/mol. The zero-order valence-corrected chi connectivity index (χ0v) is 9.16. The summed E-state index contributed by atoms with van der Waals surface area (Å²) in [4.78, 5) is 21.6. The van der Waals surface area contributed by atoms with Gasteiger partial charge in [-0.3, -0.25) is 4.79 Å². The molecule has 0 aromatic carbocycles. The average molecular weight is 214 g/mol. The van der Waals surface area contributed by atoms with Crippen molar-refractivity contribution in [2.75, 3.05) is 13.2 Å². The number of hydrogen-bond acceptors (Lipinski definition) is 4. The van der Waals surface area contributed by atoms with Crippen molar-refractivity contribution in [2.24, 2.45) is 0 Å². The molecule has 0 aliphatic rings. The van der Waals surface area contributed by atoms with Crippen LogP contribution in [0.25, 0.3) is 0 Å². The zero-order chi connectivity index (χ0) is 11.5. The Morgan fingerprint density at radius 1 is 1.20 bits per heavy atom. The molecule has 0 spiro atoms. The van der Waals surface area contributed by atoms with Crippen molar-refractivity contribution in [1.82, 2.24) is 0 Å². The van der Waals surface area contributed by atoms with E-state index in [9.17, 15) is 9.59 Å². The Labute approximate surface area is 90.2 Å². The summed E-state index contributed by atoms with van der Waals surface area (Å²) in [6.45, 7) is 5.82. The molecule has 0 unspecified atom stereocenters. The fraction of sp³-hybridized carbons (Fsp3) is 0.636. The molecule has 0 atom stereocenters. The van der Waals surface area contributed by atoms with Gasteiger partial charge in [-0.25, -0.2) is 4.79 Å². The molecule has 0 saturated carbocycles. The fourth-order valence-corrected chi connectivity index (χ4v) is 0.904. The van der Waals surface area contributed by atoms with Gasteiger partial charge in [0.05, 0.1) is 13.0 Å². The molecule has 4 heteroatoms. The maximum Gasteiger partial charge on any atom is 0.330 e. The number of ether oxygens (including phenoxy) is 2. The van der Waals surface area contributed by atoms with Gasteiger partial charge in [-0.1, -0.05) is 26.3 Å². The van der Waals surface area contributed by atoms with Gasteiger partial charge in [-0.15, -0.1) is 0 Å². The van der Waals surface area contributed by atoms with Gasteiger partial charge in [0.2, 0.25) is 0 Å². The summed E-state index contributed by atoms with van der Waals surface area (Å²) < 4.78 is 9.53. The quantitative estimate of drug-likeness (QED) is 0.351. The summed E-state index contributed by atoms with van der Waals surface area (Å²) in [5.41, 5.74) is 0. The molecule has 86 valence electrons. The molecule has 0 aromatic rings. The van der Waals surface area contributed by atoms with Crippen molar-refractivity contribution >= 4 is 11.9 Å². The molecule has 15 heavy (non-hydrogen) atoms. The SMILES string of the molecule is C=CC(=O)OCCC(=O)OCCCCC. The van der Waals surface area contributed by atoms with E-state index < -0.39 is 5.97 Å². The Balaban J connectivity index is 3.33. The molecule has 0 saturated heterocycles. The lowest BCUT2D eigenvalue weighted by atomic mass is 10.3. The second-order valence-corrected chi connectivity index (χ2v) is 3.05. The molecule has 0 radical (unpaired) electrons. The summed E-state index contributed by atoms with van der Waals surface area (Å²) in [5.74, 6) is -0.850. The van der Waals surface area contributed by atoms with Crippen LogP contribution in [-0.4, -0.2) is 25.2 Å². The lowest BCUT2D eigenvalue weighted by Gasteiger charge is -2.04. The minimum atomic E-state index is -0.520. The van der Waals surface area contributed by atoms with Gasteiger partial charge >= 0.3 is 11.9 Å². The van der Waals surface area contributed by atoms with Crippen LogP contribution in [0.5, 0.6) is 0 Å². The van der Waals surface area contributed by atoms with Crippen LogP contribution >= 0.6 is 0 Å². The van der Waals surface area contributed by atoms with Crippen molar-refractivity contribution in [3.8, 4) is 0 Å². The summed E-state index contributed by atoms with van der Waals surface area (Å²) in [6.07, 6.45) is 4.19. The first kappa shape index (κ1) is 13.7. The molecule has 4 nitrogen and oxygen atoms in total. The molecule has 0 aliphatic carbocycles. The first-order chi connectivity index (χ1) is 7.20. The molecule has 0 bridgehead atoms. The molecular weight excluding hydrogens is 196 g/mol. The Kier molecular flexibility index (Phi) is 8.43. The molecule has 0 fully saturated rings. The normalized spacial score (nSPS) is 9.40. The number of unbranched alkanes of at least 4 members (excludes halogenated alkanes) is 2. The van der Waals surface area contributed by atoms with Gasteiger partial charge in [0.15, 0.2) is 0 Å². The van der Waals surface area contributed by atoms with Crippen LogP contribution in [0.2, 0.25) is 0 Å². The minimum absolute atomic E-state index is 0.0530. The second-order valence-electron chi connectivity index (χ2n) is 3.05.